The third kappa shape index (κ3) is 4.86. The minimum Gasteiger partial charge on any atom is -0.462 e. The maximum Gasteiger partial charge on any atom is 0.416 e. The first-order valence-corrected chi connectivity index (χ1v) is 11.2. The second-order valence-corrected chi connectivity index (χ2v) is 8.58. The standard InChI is InChI=1S/C24H20F3NO5S/c1-3-31-23(30)20-13(2)19(10-14-7-8-17-18(9-14)33-12-32-17)34-22(20)28-21(29)15-5-4-6-16(11-15)24(25,26)27/h4-9,11H,3,10,12H2,1-2H3,(H,28,29). The normalized spacial score (nSPS) is 12.5. The van der Waals surface area contributed by atoms with Crippen LogP contribution >= 0.6 is 11.3 Å². The van der Waals surface area contributed by atoms with Gasteiger partial charge in [-0.3, -0.25) is 4.79 Å². The highest BCUT2D eigenvalue weighted by Gasteiger charge is 2.31. The number of carbonyl (C=O) groups is 2. The average Bonchev–Trinajstić information content (AvgIpc) is 3.37. The lowest BCUT2D eigenvalue weighted by molar-refractivity contribution is -0.137. The maximum absolute atomic E-state index is 13.1. The van der Waals surface area contributed by atoms with E-state index in [1.807, 2.05) is 12.1 Å². The first-order chi connectivity index (χ1) is 16.2. The zero-order valence-corrected chi connectivity index (χ0v) is 19.1. The Morgan fingerprint density at radius 3 is 2.62 bits per heavy atom. The Kier molecular flexibility index (Phi) is 6.52. The number of benzene rings is 2. The number of nitrogens with one attached hydrogen (secondary N) is 1. The Balaban J connectivity index is 1.65. The molecule has 3 aromatic rings. The molecule has 10 heteroatoms. The molecule has 2 aromatic carbocycles. The van der Waals surface area contributed by atoms with Crippen LogP contribution in [0, 0.1) is 6.92 Å². The van der Waals surface area contributed by atoms with E-state index in [-0.39, 0.29) is 29.5 Å². The summed E-state index contributed by atoms with van der Waals surface area (Å²) in [4.78, 5) is 26.2. The molecule has 178 valence electrons. The number of anilines is 1. The van der Waals surface area contributed by atoms with Gasteiger partial charge in [0, 0.05) is 16.9 Å². The van der Waals surface area contributed by atoms with Crippen molar-refractivity contribution in [2.75, 3.05) is 18.7 Å². The smallest absolute Gasteiger partial charge is 0.416 e. The fourth-order valence-corrected chi connectivity index (χ4v) is 4.74. The van der Waals surface area contributed by atoms with Gasteiger partial charge in [-0.05, 0) is 55.3 Å². The van der Waals surface area contributed by atoms with Gasteiger partial charge in [0.25, 0.3) is 5.91 Å². The summed E-state index contributed by atoms with van der Waals surface area (Å²) in [5.41, 5.74) is 0.604. The SMILES string of the molecule is CCOC(=O)c1c(NC(=O)c2cccc(C(F)(F)F)c2)sc(Cc2ccc3c(c2)OCO3)c1C. The predicted molar refractivity (Wildman–Crippen MR) is 120 cm³/mol. The number of hydrogen-bond acceptors (Lipinski definition) is 6. The molecule has 1 aromatic heterocycles. The highest BCUT2D eigenvalue weighted by Crippen LogP contribution is 2.38. The summed E-state index contributed by atoms with van der Waals surface area (Å²) >= 11 is 1.17. The summed E-state index contributed by atoms with van der Waals surface area (Å²) in [6, 6.07) is 9.61. The lowest BCUT2D eigenvalue weighted by Crippen LogP contribution is -2.16. The number of halogens is 3. The van der Waals surface area contributed by atoms with Gasteiger partial charge in [-0.2, -0.15) is 13.2 Å². The molecule has 0 aliphatic carbocycles. The third-order valence-corrected chi connectivity index (χ3v) is 6.41. The molecule has 0 bridgehead atoms. The van der Waals surface area contributed by atoms with Gasteiger partial charge in [-0.15, -0.1) is 11.3 Å². The van der Waals surface area contributed by atoms with E-state index in [4.69, 9.17) is 14.2 Å². The molecule has 0 saturated carbocycles. The van der Waals surface area contributed by atoms with Gasteiger partial charge in [0.15, 0.2) is 11.5 Å². The van der Waals surface area contributed by atoms with Crippen LogP contribution in [0.1, 0.15) is 49.2 Å². The summed E-state index contributed by atoms with van der Waals surface area (Å²) in [5.74, 6) is -0.108. The number of thiophene rings is 1. The van der Waals surface area contributed by atoms with Gasteiger partial charge in [0.1, 0.15) is 5.00 Å². The molecule has 0 radical (unpaired) electrons. The Hall–Kier alpha value is -3.53. The van der Waals surface area contributed by atoms with E-state index in [0.717, 1.165) is 28.6 Å². The highest BCUT2D eigenvalue weighted by molar-refractivity contribution is 7.17. The zero-order chi connectivity index (χ0) is 24.5. The van der Waals surface area contributed by atoms with Crippen LogP contribution in [-0.2, 0) is 17.3 Å². The van der Waals surface area contributed by atoms with Crippen molar-refractivity contribution in [2.45, 2.75) is 26.4 Å². The number of ether oxygens (including phenoxy) is 3. The van der Waals surface area contributed by atoms with E-state index in [2.05, 4.69) is 5.32 Å². The summed E-state index contributed by atoms with van der Waals surface area (Å²) in [6.45, 7) is 3.68. The van der Waals surface area contributed by atoms with Gasteiger partial charge >= 0.3 is 12.1 Å². The van der Waals surface area contributed by atoms with Gasteiger partial charge < -0.3 is 19.5 Å². The second kappa shape index (κ2) is 9.38. The third-order valence-electron chi connectivity index (χ3n) is 5.21. The Morgan fingerprint density at radius 2 is 1.88 bits per heavy atom. The molecule has 1 aliphatic heterocycles. The lowest BCUT2D eigenvalue weighted by atomic mass is 10.1. The molecule has 1 N–H and O–H groups in total. The number of hydrogen-bond donors (Lipinski definition) is 1. The monoisotopic (exact) mass is 491 g/mol. The van der Waals surface area contributed by atoms with Crippen LogP contribution < -0.4 is 14.8 Å². The molecular weight excluding hydrogens is 471 g/mol. The van der Waals surface area contributed by atoms with Crippen molar-refractivity contribution in [1.82, 2.24) is 0 Å². The number of alkyl halides is 3. The number of fused-ring (bicyclic) bond motifs is 1. The van der Waals surface area contributed by atoms with Crippen LogP contribution in [0.3, 0.4) is 0 Å². The van der Waals surface area contributed by atoms with Crippen LogP contribution in [0.2, 0.25) is 0 Å². The van der Waals surface area contributed by atoms with E-state index in [1.165, 1.54) is 17.4 Å². The fraction of sp³-hybridized carbons (Fsp3) is 0.250. The van der Waals surface area contributed by atoms with Crippen molar-refractivity contribution in [3.8, 4) is 11.5 Å². The van der Waals surface area contributed by atoms with Gasteiger partial charge in [0.05, 0.1) is 17.7 Å². The second-order valence-electron chi connectivity index (χ2n) is 7.47. The highest BCUT2D eigenvalue weighted by atomic mass is 32.1. The van der Waals surface area contributed by atoms with Crippen molar-refractivity contribution < 1.29 is 37.0 Å². The molecule has 0 spiro atoms. The van der Waals surface area contributed by atoms with E-state index >= 15 is 0 Å². The van der Waals surface area contributed by atoms with E-state index in [9.17, 15) is 22.8 Å². The number of rotatable bonds is 6. The maximum atomic E-state index is 13.1. The summed E-state index contributed by atoms with van der Waals surface area (Å²) < 4.78 is 55.0. The Labute approximate surface area is 197 Å². The van der Waals surface area contributed by atoms with Crippen LogP contribution in [0.25, 0.3) is 0 Å². The van der Waals surface area contributed by atoms with Crippen LogP contribution in [0.15, 0.2) is 42.5 Å². The summed E-state index contributed by atoms with van der Waals surface area (Å²) in [6.07, 6.45) is -4.14. The molecule has 0 atom stereocenters. The molecule has 6 nitrogen and oxygen atoms in total. The summed E-state index contributed by atoms with van der Waals surface area (Å²) in [5, 5.41) is 2.82. The first kappa shape index (κ1) is 23.6. The fourth-order valence-electron chi connectivity index (χ4n) is 3.51. The number of carbonyl (C=O) groups excluding carboxylic acids is 2. The van der Waals surface area contributed by atoms with Gasteiger partial charge in [-0.1, -0.05) is 12.1 Å². The lowest BCUT2D eigenvalue weighted by Gasteiger charge is -2.10. The molecule has 0 unspecified atom stereocenters. The van der Waals surface area contributed by atoms with E-state index < -0.39 is 23.6 Å². The Morgan fingerprint density at radius 1 is 1.12 bits per heavy atom. The van der Waals surface area contributed by atoms with Crippen molar-refractivity contribution >= 4 is 28.2 Å². The minimum absolute atomic E-state index is 0.132. The molecule has 4 rings (SSSR count). The van der Waals surface area contributed by atoms with Gasteiger partial charge in [0.2, 0.25) is 6.79 Å². The van der Waals surface area contributed by atoms with Crippen molar-refractivity contribution in [3.63, 3.8) is 0 Å². The van der Waals surface area contributed by atoms with E-state index in [0.29, 0.717) is 23.5 Å². The number of esters is 1. The Bertz CT molecular complexity index is 1250. The van der Waals surface area contributed by atoms with Gasteiger partial charge in [-0.25, -0.2) is 4.79 Å². The molecule has 1 aliphatic rings. The molecule has 0 fully saturated rings. The first-order valence-electron chi connectivity index (χ1n) is 10.3. The molecule has 0 saturated heterocycles. The van der Waals surface area contributed by atoms with Crippen LogP contribution in [0.5, 0.6) is 11.5 Å². The minimum atomic E-state index is -4.58. The van der Waals surface area contributed by atoms with Crippen molar-refractivity contribution in [2.24, 2.45) is 0 Å². The van der Waals surface area contributed by atoms with Crippen LogP contribution in [-0.4, -0.2) is 25.3 Å². The zero-order valence-electron chi connectivity index (χ0n) is 18.2. The van der Waals surface area contributed by atoms with Crippen molar-refractivity contribution in [3.05, 3.63) is 75.2 Å². The predicted octanol–water partition coefficient (Wildman–Crippen LogP) is 5.82. The molecule has 34 heavy (non-hydrogen) atoms. The van der Waals surface area contributed by atoms with E-state index in [1.54, 1.807) is 19.9 Å². The molecule has 2 heterocycles. The largest absolute Gasteiger partial charge is 0.462 e. The topological polar surface area (TPSA) is 73.9 Å². The van der Waals surface area contributed by atoms with Crippen molar-refractivity contribution in [1.29, 1.82) is 0 Å². The van der Waals surface area contributed by atoms with Crippen LogP contribution in [0.4, 0.5) is 18.2 Å². The summed E-state index contributed by atoms with van der Waals surface area (Å²) in [7, 11) is 0. The average molecular weight is 491 g/mol. The number of amides is 1. The molecule has 1 amide bonds. The quantitative estimate of drug-likeness (QED) is 0.440. The molecular formula is C24H20F3NO5S.